The lowest BCUT2D eigenvalue weighted by atomic mass is 10.0. The van der Waals surface area contributed by atoms with E-state index >= 15 is 0 Å². The SMILES string of the molecule is Cc1cccc(Cl)c1NC(=O)[C@@H](N)CC(C)C. The average Bonchev–Trinajstić information content (AvgIpc) is 2.22. The molecule has 1 amide bonds. The van der Waals surface area contributed by atoms with Crippen LogP contribution >= 0.6 is 11.6 Å². The Morgan fingerprint density at radius 2 is 2.12 bits per heavy atom. The highest BCUT2D eigenvalue weighted by molar-refractivity contribution is 6.34. The summed E-state index contributed by atoms with van der Waals surface area (Å²) in [7, 11) is 0. The first-order valence-electron chi connectivity index (χ1n) is 5.73. The van der Waals surface area contributed by atoms with Gasteiger partial charge >= 0.3 is 0 Å². The fraction of sp³-hybridized carbons (Fsp3) is 0.462. The van der Waals surface area contributed by atoms with Gasteiger partial charge in [0.05, 0.1) is 16.8 Å². The Balaban J connectivity index is 2.74. The lowest BCUT2D eigenvalue weighted by Gasteiger charge is -2.16. The summed E-state index contributed by atoms with van der Waals surface area (Å²) >= 11 is 6.03. The van der Waals surface area contributed by atoms with Gasteiger partial charge in [0.15, 0.2) is 0 Å². The lowest BCUT2D eigenvalue weighted by molar-refractivity contribution is -0.117. The molecule has 17 heavy (non-hydrogen) atoms. The van der Waals surface area contributed by atoms with Crippen molar-refractivity contribution in [1.29, 1.82) is 0 Å². The summed E-state index contributed by atoms with van der Waals surface area (Å²) in [5.41, 5.74) is 7.40. The Kier molecular flexibility index (Phi) is 4.97. The minimum Gasteiger partial charge on any atom is -0.323 e. The van der Waals surface area contributed by atoms with Crippen LogP contribution in [0.5, 0.6) is 0 Å². The average molecular weight is 255 g/mol. The molecule has 0 fully saturated rings. The number of nitrogens with one attached hydrogen (secondary N) is 1. The van der Waals surface area contributed by atoms with E-state index < -0.39 is 6.04 Å². The zero-order valence-corrected chi connectivity index (χ0v) is 11.2. The fourth-order valence-corrected chi connectivity index (χ4v) is 1.89. The van der Waals surface area contributed by atoms with Crippen molar-refractivity contribution in [3.05, 3.63) is 28.8 Å². The molecular formula is C13H19ClN2O. The molecule has 0 aliphatic heterocycles. The number of benzene rings is 1. The molecule has 0 saturated heterocycles. The Morgan fingerprint density at radius 3 is 2.65 bits per heavy atom. The molecule has 1 atom stereocenters. The van der Waals surface area contributed by atoms with Gasteiger partial charge in [-0.05, 0) is 30.9 Å². The first-order chi connectivity index (χ1) is 7.91. The molecule has 0 aliphatic carbocycles. The Morgan fingerprint density at radius 1 is 1.47 bits per heavy atom. The molecule has 0 unspecified atom stereocenters. The number of anilines is 1. The van der Waals surface area contributed by atoms with E-state index in [0.717, 1.165) is 5.56 Å². The van der Waals surface area contributed by atoms with Gasteiger partial charge in [-0.25, -0.2) is 0 Å². The van der Waals surface area contributed by atoms with Crippen LogP contribution in [0, 0.1) is 12.8 Å². The van der Waals surface area contributed by atoms with Gasteiger partial charge in [0.25, 0.3) is 0 Å². The van der Waals surface area contributed by atoms with Crippen LogP contribution in [-0.4, -0.2) is 11.9 Å². The summed E-state index contributed by atoms with van der Waals surface area (Å²) < 4.78 is 0. The third kappa shape index (κ3) is 4.02. The van der Waals surface area contributed by atoms with Crippen molar-refractivity contribution in [2.45, 2.75) is 33.2 Å². The number of amides is 1. The lowest BCUT2D eigenvalue weighted by Crippen LogP contribution is -2.36. The highest BCUT2D eigenvalue weighted by Crippen LogP contribution is 2.25. The van der Waals surface area contributed by atoms with E-state index in [-0.39, 0.29) is 5.91 Å². The maximum atomic E-state index is 11.9. The number of para-hydroxylation sites is 1. The summed E-state index contributed by atoms with van der Waals surface area (Å²) in [6.07, 6.45) is 0.662. The Labute approximate surface area is 107 Å². The van der Waals surface area contributed by atoms with Crippen LogP contribution in [0.25, 0.3) is 0 Å². The summed E-state index contributed by atoms with van der Waals surface area (Å²) in [5.74, 6) is 0.206. The summed E-state index contributed by atoms with van der Waals surface area (Å²) in [6.45, 7) is 5.97. The summed E-state index contributed by atoms with van der Waals surface area (Å²) in [5, 5.41) is 3.32. The molecule has 1 aromatic carbocycles. The van der Waals surface area contributed by atoms with Gasteiger partial charge in [0.1, 0.15) is 0 Å². The van der Waals surface area contributed by atoms with E-state index in [4.69, 9.17) is 17.3 Å². The van der Waals surface area contributed by atoms with Gasteiger partial charge in [0, 0.05) is 0 Å². The molecule has 0 bridgehead atoms. The Hall–Kier alpha value is -1.06. The molecule has 0 saturated carbocycles. The molecule has 4 heteroatoms. The highest BCUT2D eigenvalue weighted by Gasteiger charge is 2.16. The maximum absolute atomic E-state index is 11.9. The number of hydrogen-bond acceptors (Lipinski definition) is 2. The van der Waals surface area contributed by atoms with Gasteiger partial charge < -0.3 is 11.1 Å². The minimum atomic E-state index is -0.495. The number of carbonyl (C=O) groups excluding carboxylic acids is 1. The van der Waals surface area contributed by atoms with Crippen molar-refractivity contribution in [3.63, 3.8) is 0 Å². The molecule has 0 radical (unpaired) electrons. The van der Waals surface area contributed by atoms with Gasteiger partial charge in [-0.3, -0.25) is 4.79 Å². The molecule has 94 valence electrons. The Bertz CT molecular complexity index is 384. The van der Waals surface area contributed by atoms with Crippen LogP contribution in [0.3, 0.4) is 0 Å². The van der Waals surface area contributed by atoms with Crippen LogP contribution in [0.2, 0.25) is 5.02 Å². The van der Waals surface area contributed by atoms with Crippen molar-refractivity contribution in [2.24, 2.45) is 11.7 Å². The van der Waals surface area contributed by atoms with Crippen molar-refractivity contribution in [2.75, 3.05) is 5.32 Å². The second-order valence-corrected chi connectivity index (χ2v) is 5.06. The molecule has 0 heterocycles. The topological polar surface area (TPSA) is 55.1 Å². The van der Waals surface area contributed by atoms with E-state index in [1.807, 2.05) is 32.9 Å². The van der Waals surface area contributed by atoms with E-state index in [0.29, 0.717) is 23.0 Å². The monoisotopic (exact) mass is 254 g/mol. The second-order valence-electron chi connectivity index (χ2n) is 4.66. The van der Waals surface area contributed by atoms with Crippen LogP contribution in [0.1, 0.15) is 25.8 Å². The molecule has 0 aliphatic rings. The first-order valence-corrected chi connectivity index (χ1v) is 6.11. The van der Waals surface area contributed by atoms with Crippen LogP contribution in [0.15, 0.2) is 18.2 Å². The van der Waals surface area contributed by atoms with Crippen molar-refractivity contribution >= 4 is 23.2 Å². The minimum absolute atomic E-state index is 0.185. The number of rotatable bonds is 4. The third-order valence-corrected chi connectivity index (χ3v) is 2.85. The predicted octanol–water partition coefficient (Wildman–Crippen LogP) is 2.96. The van der Waals surface area contributed by atoms with Gasteiger partial charge in [-0.2, -0.15) is 0 Å². The van der Waals surface area contributed by atoms with Crippen LogP contribution in [-0.2, 0) is 4.79 Å². The largest absolute Gasteiger partial charge is 0.323 e. The quantitative estimate of drug-likeness (QED) is 0.868. The van der Waals surface area contributed by atoms with Crippen molar-refractivity contribution in [3.8, 4) is 0 Å². The number of carbonyl (C=O) groups is 1. The molecule has 0 spiro atoms. The molecule has 3 N–H and O–H groups in total. The smallest absolute Gasteiger partial charge is 0.241 e. The zero-order valence-electron chi connectivity index (χ0n) is 10.5. The highest BCUT2D eigenvalue weighted by atomic mass is 35.5. The number of hydrogen-bond donors (Lipinski definition) is 2. The van der Waals surface area contributed by atoms with Crippen LogP contribution in [0.4, 0.5) is 5.69 Å². The number of halogens is 1. The zero-order chi connectivity index (χ0) is 13.0. The van der Waals surface area contributed by atoms with Gasteiger partial charge in [0.2, 0.25) is 5.91 Å². The fourth-order valence-electron chi connectivity index (χ4n) is 1.62. The molecule has 0 aromatic heterocycles. The van der Waals surface area contributed by atoms with E-state index in [1.165, 1.54) is 0 Å². The molecule has 1 rings (SSSR count). The molecular weight excluding hydrogens is 236 g/mol. The predicted molar refractivity (Wildman–Crippen MR) is 72.2 cm³/mol. The van der Waals surface area contributed by atoms with Crippen molar-refractivity contribution in [1.82, 2.24) is 0 Å². The van der Waals surface area contributed by atoms with E-state index in [9.17, 15) is 4.79 Å². The van der Waals surface area contributed by atoms with E-state index in [2.05, 4.69) is 5.32 Å². The third-order valence-electron chi connectivity index (χ3n) is 2.53. The van der Waals surface area contributed by atoms with Gasteiger partial charge in [-0.15, -0.1) is 0 Å². The van der Waals surface area contributed by atoms with Crippen molar-refractivity contribution < 1.29 is 4.79 Å². The van der Waals surface area contributed by atoms with Crippen LogP contribution < -0.4 is 11.1 Å². The number of nitrogens with two attached hydrogens (primary N) is 1. The summed E-state index contributed by atoms with van der Waals surface area (Å²) in [6, 6.07) is 5.00. The standard InChI is InChI=1S/C13H19ClN2O/c1-8(2)7-11(15)13(17)16-12-9(3)5-4-6-10(12)14/h4-6,8,11H,7,15H2,1-3H3,(H,16,17)/t11-/m0/s1. The summed E-state index contributed by atoms with van der Waals surface area (Å²) in [4.78, 5) is 11.9. The molecule has 1 aromatic rings. The number of aryl methyl sites for hydroxylation is 1. The first kappa shape index (κ1) is 14.0. The van der Waals surface area contributed by atoms with E-state index in [1.54, 1.807) is 6.07 Å². The normalized spacial score (nSPS) is 12.6. The second kappa shape index (κ2) is 6.03. The maximum Gasteiger partial charge on any atom is 0.241 e. The van der Waals surface area contributed by atoms with Gasteiger partial charge in [-0.1, -0.05) is 37.6 Å². The molecule has 3 nitrogen and oxygen atoms in total.